The fraction of sp³-hybridized carbons (Fsp3) is 0.526. The first-order chi connectivity index (χ1) is 10.7. The summed E-state index contributed by atoms with van der Waals surface area (Å²) in [6.45, 7) is 2.21. The van der Waals surface area contributed by atoms with Crippen molar-refractivity contribution in [3.63, 3.8) is 0 Å². The number of rotatable bonds is 11. The predicted molar refractivity (Wildman–Crippen MR) is 90.9 cm³/mol. The highest BCUT2D eigenvalue weighted by atomic mass is 16.4. The van der Waals surface area contributed by atoms with Crippen molar-refractivity contribution >= 4 is 11.7 Å². The summed E-state index contributed by atoms with van der Waals surface area (Å²) in [5.41, 5.74) is 0.691. The summed E-state index contributed by atoms with van der Waals surface area (Å²) in [5.74, 6) is -1.12. The van der Waals surface area contributed by atoms with E-state index in [2.05, 4.69) is 6.92 Å². The van der Waals surface area contributed by atoms with Crippen molar-refractivity contribution in [3.8, 4) is 0 Å². The zero-order valence-electron chi connectivity index (χ0n) is 13.6. The average molecular weight is 304 g/mol. The van der Waals surface area contributed by atoms with Gasteiger partial charge in [0.25, 0.3) is 0 Å². The van der Waals surface area contributed by atoms with E-state index in [1.54, 1.807) is 24.3 Å². The molecule has 3 heteroatoms. The number of unbranched alkanes of at least 4 members (excludes halogenated alkanes) is 7. The molecule has 0 bridgehead atoms. The third kappa shape index (κ3) is 6.79. The molecule has 0 aliphatic carbocycles. The Hall–Kier alpha value is -1.77. The van der Waals surface area contributed by atoms with Crippen molar-refractivity contribution in [1.82, 2.24) is 0 Å². The SMILES string of the molecule is CCCCCCCCCCC(C(=O)O)=C(O)c1ccccc1. The lowest BCUT2D eigenvalue weighted by molar-refractivity contribution is -0.132. The highest BCUT2D eigenvalue weighted by Gasteiger charge is 2.14. The van der Waals surface area contributed by atoms with E-state index < -0.39 is 5.97 Å². The maximum absolute atomic E-state index is 11.3. The van der Waals surface area contributed by atoms with Crippen molar-refractivity contribution in [3.05, 3.63) is 41.5 Å². The molecule has 22 heavy (non-hydrogen) atoms. The van der Waals surface area contributed by atoms with Crippen molar-refractivity contribution in [1.29, 1.82) is 0 Å². The van der Waals surface area contributed by atoms with Crippen LogP contribution in [0.5, 0.6) is 0 Å². The molecule has 2 N–H and O–H groups in total. The average Bonchev–Trinajstić information content (AvgIpc) is 2.53. The van der Waals surface area contributed by atoms with Gasteiger partial charge in [-0.3, -0.25) is 0 Å². The molecular weight excluding hydrogens is 276 g/mol. The Labute approximate surface area is 133 Å². The lowest BCUT2D eigenvalue weighted by Gasteiger charge is -2.07. The summed E-state index contributed by atoms with van der Waals surface area (Å²) < 4.78 is 0. The van der Waals surface area contributed by atoms with Crippen LogP contribution in [0.4, 0.5) is 0 Å². The van der Waals surface area contributed by atoms with Crippen LogP contribution in [0.15, 0.2) is 35.9 Å². The van der Waals surface area contributed by atoms with Gasteiger partial charge in [-0.05, 0) is 12.8 Å². The number of aliphatic hydroxyl groups is 1. The van der Waals surface area contributed by atoms with E-state index in [-0.39, 0.29) is 11.3 Å². The van der Waals surface area contributed by atoms with Crippen LogP contribution >= 0.6 is 0 Å². The normalized spacial score (nSPS) is 12.0. The van der Waals surface area contributed by atoms with E-state index in [0.717, 1.165) is 19.3 Å². The van der Waals surface area contributed by atoms with Gasteiger partial charge in [-0.2, -0.15) is 0 Å². The minimum Gasteiger partial charge on any atom is -0.507 e. The molecule has 1 aromatic carbocycles. The third-order valence-corrected chi connectivity index (χ3v) is 3.87. The number of hydrogen-bond donors (Lipinski definition) is 2. The lowest BCUT2D eigenvalue weighted by Crippen LogP contribution is -2.04. The quantitative estimate of drug-likeness (QED) is 0.319. The van der Waals surface area contributed by atoms with Crippen LogP contribution in [0.1, 0.15) is 70.3 Å². The van der Waals surface area contributed by atoms with Crippen LogP contribution in [-0.2, 0) is 4.79 Å². The molecule has 0 aliphatic heterocycles. The Morgan fingerprint density at radius 2 is 1.41 bits per heavy atom. The Kier molecular flexibility index (Phi) is 9.04. The molecule has 0 radical (unpaired) electrons. The summed E-state index contributed by atoms with van der Waals surface area (Å²) in [4.78, 5) is 11.3. The maximum Gasteiger partial charge on any atom is 0.335 e. The largest absolute Gasteiger partial charge is 0.507 e. The van der Waals surface area contributed by atoms with E-state index in [0.29, 0.717) is 12.0 Å². The molecule has 1 aromatic rings. The molecule has 0 saturated carbocycles. The number of carboxylic acids is 1. The molecule has 3 nitrogen and oxygen atoms in total. The first kappa shape index (κ1) is 18.3. The van der Waals surface area contributed by atoms with Crippen LogP contribution < -0.4 is 0 Å². The zero-order chi connectivity index (χ0) is 16.2. The van der Waals surface area contributed by atoms with E-state index in [9.17, 15) is 15.0 Å². The summed E-state index contributed by atoms with van der Waals surface area (Å²) in [6.07, 6.45) is 9.74. The first-order valence-corrected chi connectivity index (χ1v) is 8.37. The predicted octanol–water partition coefficient (Wildman–Crippen LogP) is 5.57. The molecule has 1 rings (SSSR count). The van der Waals surface area contributed by atoms with Crippen LogP contribution in [0, 0.1) is 0 Å². The van der Waals surface area contributed by atoms with E-state index in [1.807, 2.05) is 6.07 Å². The summed E-state index contributed by atoms with van der Waals surface area (Å²) >= 11 is 0. The molecule has 0 fully saturated rings. The van der Waals surface area contributed by atoms with Gasteiger partial charge in [0.05, 0.1) is 5.57 Å². The van der Waals surface area contributed by atoms with Gasteiger partial charge < -0.3 is 10.2 Å². The van der Waals surface area contributed by atoms with Crippen molar-refractivity contribution < 1.29 is 15.0 Å². The number of carboxylic acid groups (broad SMARTS) is 1. The second-order valence-electron chi connectivity index (χ2n) is 5.72. The monoisotopic (exact) mass is 304 g/mol. The molecule has 0 aliphatic rings. The second-order valence-corrected chi connectivity index (χ2v) is 5.72. The van der Waals surface area contributed by atoms with Gasteiger partial charge in [-0.1, -0.05) is 82.2 Å². The van der Waals surface area contributed by atoms with Crippen LogP contribution in [-0.4, -0.2) is 16.2 Å². The molecule has 0 atom stereocenters. The van der Waals surface area contributed by atoms with Gasteiger partial charge >= 0.3 is 5.97 Å². The fourth-order valence-corrected chi connectivity index (χ4v) is 2.53. The van der Waals surface area contributed by atoms with Gasteiger partial charge in [0, 0.05) is 5.56 Å². The molecule has 0 heterocycles. The molecule has 0 unspecified atom stereocenters. The van der Waals surface area contributed by atoms with Gasteiger partial charge in [0.15, 0.2) is 0 Å². The third-order valence-electron chi connectivity index (χ3n) is 3.87. The van der Waals surface area contributed by atoms with E-state index in [1.165, 1.54) is 32.1 Å². The summed E-state index contributed by atoms with van der Waals surface area (Å²) in [6, 6.07) is 8.89. The van der Waals surface area contributed by atoms with E-state index in [4.69, 9.17) is 0 Å². The van der Waals surface area contributed by atoms with Crippen LogP contribution in [0.3, 0.4) is 0 Å². The van der Waals surface area contributed by atoms with Gasteiger partial charge in [0.2, 0.25) is 0 Å². The van der Waals surface area contributed by atoms with Gasteiger partial charge in [0.1, 0.15) is 5.76 Å². The number of aliphatic hydroxyl groups excluding tert-OH is 1. The Balaban J connectivity index is 2.41. The number of aliphatic carboxylic acids is 1. The topological polar surface area (TPSA) is 57.5 Å². The highest BCUT2D eigenvalue weighted by Crippen LogP contribution is 2.21. The number of benzene rings is 1. The first-order valence-electron chi connectivity index (χ1n) is 8.37. The molecular formula is C19H28O3. The Bertz CT molecular complexity index is 463. The molecule has 122 valence electrons. The molecule has 0 amide bonds. The number of hydrogen-bond acceptors (Lipinski definition) is 2. The van der Waals surface area contributed by atoms with Crippen LogP contribution in [0.25, 0.3) is 5.76 Å². The minimum absolute atomic E-state index is 0.101. The summed E-state index contributed by atoms with van der Waals surface area (Å²) in [5, 5.41) is 19.4. The van der Waals surface area contributed by atoms with Crippen molar-refractivity contribution in [2.24, 2.45) is 0 Å². The van der Waals surface area contributed by atoms with Gasteiger partial charge in [-0.15, -0.1) is 0 Å². The molecule has 0 aromatic heterocycles. The minimum atomic E-state index is -1.02. The fourth-order valence-electron chi connectivity index (χ4n) is 2.53. The summed E-state index contributed by atoms with van der Waals surface area (Å²) in [7, 11) is 0. The van der Waals surface area contributed by atoms with E-state index >= 15 is 0 Å². The maximum atomic E-state index is 11.3. The van der Waals surface area contributed by atoms with Crippen molar-refractivity contribution in [2.75, 3.05) is 0 Å². The second kappa shape index (κ2) is 10.9. The zero-order valence-corrected chi connectivity index (χ0v) is 13.6. The standard InChI is InChI=1S/C19H28O3/c1-2-3-4-5-6-7-8-12-15-17(19(21)22)18(20)16-13-10-9-11-14-16/h9-11,13-14,20H,2-8,12,15H2,1H3,(H,21,22). The number of carbonyl (C=O) groups is 1. The van der Waals surface area contributed by atoms with Gasteiger partial charge in [-0.25, -0.2) is 4.79 Å². The highest BCUT2D eigenvalue weighted by molar-refractivity contribution is 5.94. The lowest BCUT2D eigenvalue weighted by atomic mass is 10.0. The smallest absolute Gasteiger partial charge is 0.335 e. The Morgan fingerprint density at radius 3 is 1.95 bits per heavy atom. The molecule has 0 spiro atoms. The van der Waals surface area contributed by atoms with Crippen LogP contribution in [0.2, 0.25) is 0 Å². The van der Waals surface area contributed by atoms with Crippen molar-refractivity contribution in [2.45, 2.75) is 64.7 Å². The molecule has 0 saturated heterocycles. The Morgan fingerprint density at radius 1 is 0.864 bits per heavy atom.